The predicted molar refractivity (Wildman–Crippen MR) is 110 cm³/mol. The average Bonchev–Trinajstić information content (AvgIpc) is 3.18. The second kappa shape index (κ2) is 9.26. The molecular weight excluding hydrogens is 334 g/mol. The maximum Gasteiger partial charge on any atom is 0.219 e. The van der Waals surface area contributed by atoms with Crippen molar-refractivity contribution in [2.75, 3.05) is 26.2 Å². The number of nitrogens with zero attached hydrogens (tertiary/aromatic N) is 2. The van der Waals surface area contributed by atoms with Gasteiger partial charge in [0.05, 0.1) is 0 Å². The number of hydrogen-bond donors (Lipinski definition) is 1. The molecule has 3 atom stereocenters. The Kier molecular flexibility index (Phi) is 6.75. The Morgan fingerprint density at radius 2 is 1.52 bits per heavy atom. The summed E-state index contributed by atoms with van der Waals surface area (Å²) in [6.45, 7) is 6.03. The average molecular weight is 376 g/mol. The van der Waals surface area contributed by atoms with E-state index in [1.165, 1.54) is 90.1 Å². The third-order valence-corrected chi connectivity index (χ3v) is 8.24. The third kappa shape index (κ3) is 5.06. The summed E-state index contributed by atoms with van der Waals surface area (Å²) in [7, 11) is 0. The Bertz CT molecular complexity index is 482. The van der Waals surface area contributed by atoms with Crippen molar-refractivity contribution < 1.29 is 4.79 Å². The van der Waals surface area contributed by atoms with Gasteiger partial charge in [0, 0.05) is 39.1 Å². The van der Waals surface area contributed by atoms with Crippen molar-refractivity contribution in [2.45, 2.75) is 90.0 Å². The number of nitrogens with one attached hydrogen (secondary N) is 1. The molecule has 4 aliphatic rings. The molecule has 4 fully saturated rings. The van der Waals surface area contributed by atoms with E-state index in [2.05, 4.69) is 10.4 Å². The van der Waals surface area contributed by atoms with Crippen LogP contribution in [0.5, 0.6) is 0 Å². The summed E-state index contributed by atoms with van der Waals surface area (Å²) in [5, 5.41) is 2.53. The Morgan fingerprint density at radius 1 is 0.815 bits per heavy atom. The molecule has 3 unspecified atom stereocenters. The van der Waals surface area contributed by atoms with Crippen molar-refractivity contribution >= 4 is 5.91 Å². The van der Waals surface area contributed by atoms with Crippen molar-refractivity contribution in [3.8, 4) is 0 Å². The Labute approximate surface area is 166 Å². The van der Waals surface area contributed by atoms with Crippen LogP contribution in [0.2, 0.25) is 0 Å². The van der Waals surface area contributed by atoms with E-state index in [0.29, 0.717) is 0 Å². The fourth-order valence-corrected chi connectivity index (χ4v) is 6.55. The molecule has 0 aromatic rings. The van der Waals surface area contributed by atoms with Crippen molar-refractivity contribution in [3.05, 3.63) is 0 Å². The summed E-state index contributed by atoms with van der Waals surface area (Å²) in [6.07, 6.45) is 17.1. The molecule has 0 bridgehead atoms. The van der Waals surface area contributed by atoms with E-state index in [0.717, 1.165) is 42.8 Å². The van der Waals surface area contributed by atoms with Gasteiger partial charge in [-0.25, -0.2) is 5.01 Å². The monoisotopic (exact) mass is 375 g/mol. The zero-order valence-electron chi connectivity index (χ0n) is 17.5. The highest BCUT2D eigenvalue weighted by Crippen LogP contribution is 2.42. The van der Waals surface area contributed by atoms with Gasteiger partial charge in [0.15, 0.2) is 0 Å². The number of carbonyl (C=O) groups excluding carboxylic acids is 1. The minimum absolute atomic E-state index is 0.248. The third-order valence-electron chi connectivity index (χ3n) is 8.24. The standard InChI is InChI=1S/C23H41N3O/c1-18(27)25-13-10-19(11-14-25)17-26-15-12-23(24-26)22-9-5-8-21(16-22)20-6-3-2-4-7-20/h19-24H,2-17H2,1H3. The molecule has 0 aromatic heterocycles. The van der Waals surface area contributed by atoms with Crippen molar-refractivity contribution in [3.63, 3.8) is 0 Å². The van der Waals surface area contributed by atoms with Crippen LogP contribution in [-0.4, -0.2) is 48.0 Å². The summed E-state index contributed by atoms with van der Waals surface area (Å²) in [4.78, 5) is 13.5. The molecule has 2 aliphatic carbocycles. The predicted octanol–water partition coefficient (Wildman–Crippen LogP) is 4.21. The molecule has 2 saturated heterocycles. The van der Waals surface area contributed by atoms with Crippen molar-refractivity contribution in [1.82, 2.24) is 15.3 Å². The molecule has 2 aliphatic heterocycles. The SMILES string of the molecule is CC(=O)N1CCC(CN2CCC(C3CCCC(C4CCCCC4)C3)N2)CC1. The first kappa shape index (κ1) is 19.7. The highest BCUT2D eigenvalue weighted by molar-refractivity contribution is 5.73. The summed E-state index contributed by atoms with van der Waals surface area (Å²) in [6, 6.07) is 0.730. The Balaban J connectivity index is 1.21. The molecular formula is C23H41N3O. The van der Waals surface area contributed by atoms with Gasteiger partial charge in [-0.1, -0.05) is 44.9 Å². The van der Waals surface area contributed by atoms with Crippen LogP contribution in [0.4, 0.5) is 0 Å². The van der Waals surface area contributed by atoms with Crippen molar-refractivity contribution in [1.29, 1.82) is 0 Å². The minimum atomic E-state index is 0.248. The zero-order chi connectivity index (χ0) is 18.6. The van der Waals surface area contributed by atoms with Gasteiger partial charge >= 0.3 is 0 Å². The first-order valence-corrected chi connectivity index (χ1v) is 12.0. The van der Waals surface area contributed by atoms with Crippen molar-refractivity contribution in [2.24, 2.45) is 23.7 Å². The molecule has 0 radical (unpaired) electrons. The maximum atomic E-state index is 11.5. The molecule has 2 heterocycles. The van der Waals surface area contributed by atoms with Crippen LogP contribution < -0.4 is 5.43 Å². The quantitative estimate of drug-likeness (QED) is 0.799. The molecule has 2 saturated carbocycles. The van der Waals surface area contributed by atoms with Gasteiger partial charge in [0.1, 0.15) is 0 Å². The summed E-state index contributed by atoms with van der Waals surface area (Å²) >= 11 is 0. The number of amides is 1. The second-order valence-corrected chi connectivity index (χ2v) is 10.0. The molecule has 1 N–H and O–H groups in total. The number of piperidine rings is 1. The largest absolute Gasteiger partial charge is 0.343 e. The lowest BCUT2D eigenvalue weighted by molar-refractivity contribution is -0.130. The van der Waals surface area contributed by atoms with Crippen LogP contribution in [0, 0.1) is 23.7 Å². The highest BCUT2D eigenvalue weighted by Gasteiger charge is 2.36. The molecule has 4 rings (SSSR count). The van der Waals surface area contributed by atoms with E-state index >= 15 is 0 Å². The smallest absolute Gasteiger partial charge is 0.219 e. The second-order valence-electron chi connectivity index (χ2n) is 10.0. The first-order chi connectivity index (χ1) is 13.2. The number of likely N-dealkylation sites (tertiary alicyclic amines) is 1. The highest BCUT2D eigenvalue weighted by atomic mass is 16.2. The fraction of sp³-hybridized carbons (Fsp3) is 0.957. The van der Waals surface area contributed by atoms with Crippen LogP contribution in [0.1, 0.15) is 84.0 Å². The van der Waals surface area contributed by atoms with E-state index in [1.807, 2.05) is 4.90 Å². The first-order valence-electron chi connectivity index (χ1n) is 12.0. The molecule has 27 heavy (non-hydrogen) atoms. The molecule has 1 amide bonds. The summed E-state index contributed by atoms with van der Waals surface area (Å²) < 4.78 is 0. The van der Waals surface area contributed by atoms with Crippen LogP contribution in [0.25, 0.3) is 0 Å². The molecule has 0 aromatic carbocycles. The molecule has 4 heteroatoms. The fourth-order valence-electron chi connectivity index (χ4n) is 6.55. The number of rotatable bonds is 4. The van der Waals surface area contributed by atoms with Gasteiger partial charge in [-0.3, -0.25) is 10.2 Å². The number of hydrazine groups is 1. The topological polar surface area (TPSA) is 35.6 Å². The van der Waals surface area contributed by atoms with Crippen LogP contribution in [0.3, 0.4) is 0 Å². The van der Waals surface area contributed by atoms with E-state index in [1.54, 1.807) is 6.92 Å². The normalized spacial score (nSPS) is 34.9. The lowest BCUT2D eigenvalue weighted by atomic mass is 9.69. The molecule has 154 valence electrons. The minimum Gasteiger partial charge on any atom is -0.343 e. The van der Waals surface area contributed by atoms with E-state index in [4.69, 9.17) is 0 Å². The van der Waals surface area contributed by atoms with Gasteiger partial charge < -0.3 is 4.90 Å². The van der Waals surface area contributed by atoms with Gasteiger partial charge in [-0.15, -0.1) is 0 Å². The van der Waals surface area contributed by atoms with Gasteiger partial charge in [0.2, 0.25) is 5.91 Å². The van der Waals surface area contributed by atoms with Gasteiger partial charge in [-0.2, -0.15) is 0 Å². The summed E-state index contributed by atoms with van der Waals surface area (Å²) in [5.74, 6) is 3.99. The maximum absolute atomic E-state index is 11.5. The number of carbonyl (C=O) groups is 1. The lowest BCUT2D eigenvalue weighted by Gasteiger charge is -2.39. The zero-order valence-corrected chi connectivity index (χ0v) is 17.5. The Morgan fingerprint density at radius 3 is 2.26 bits per heavy atom. The van der Waals surface area contributed by atoms with E-state index in [9.17, 15) is 4.79 Å². The number of hydrogen-bond acceptors (Lipinski definition) is 3. The van der Waals surface area contributed by atoms with Crippen LogP contribution in [0.15, 0.2) is 0 Å². The summed E-state index contributed by atoms with van der Waals surface area (Å²) in [5.41, 5.74) is 3.92. The van der Waals surface area contributed by atoms with Gasteiger partial charge in [0.25, 0.3) is 0 Å². The van der Waals surface area contributed by atoms with Gasteiger partial charge in [-0.05, 0) is 55.8 Å². The van der Waals surface area contributed by atoms with E-state index < -0.39 is 0 Å². The van der Waals surface area contributed by atoms with Crippen LogP contribution in [-0.2, 0) is 4.79 Å². The molecule has 0 spiro atoms. The Hall–Kier alpha value is -0.610. The van der Waals surface area contributed by atoms with E-state index in [-0.39, 0.29) is 5.91 Å². The van der Waals surface area contributed by atoms with Crippen LogP contribution >= 0.6 is 0 Å². The molecule has 4 nitrogen and oxygen atoms in total. The lowest BCUT2D eigenvalue weighted by Crippen LogP contribution is -2.45.